The van der Waals surface area contributed by atoms with Crippen LogP contribution in [0.15, 0.2) is 0 Å². The van der Waals surface area contributed by atoms with Crippen molar-refractivity contribution in [3.05, 3.63) is 0 Å². The fourth-order valence-corrected chi connectivity index (χ4v) is 0.573. The fourth-order valence-electron chi connectivity index (χ4n) is 0.573. The van der Waals surface area contributed by atoms with Gasteiger partial charge in [-0.3, -0.25) is 0 Å². The maximum Gasteiger partial charge on any atom is 0.312 e. The van der Waals surface area contributed by atoms with Gasteiger partial charge in [0.1, 0.15) is 0 Å². The molecule has 4 N–H and O–H groups in total. The van der Waals surface area contributed by atoms with Crippen molar-refractivity contribution in [1.82, 2.24) is 5.32 Å². The number of carbonyl (C=O) groups excluding carboxylic acids is 1. The van der Waals surface area contributed by atoms with Crippen LogP contribution in [0.5, 0.6) is 0 Å². The van der Waals surface area contributed by atoms with Gasteiger partial charge in [0.05, 0.1) is 5.60 Å². The van der Waals surface area contributed by atoms with Crippen molar-refractivity contribution in [2.75, 3.05) is 6.54 Å². The van der Waals surface area contributed by atoms with Crippen LogP contribution in [0.3, 0.4) is 0 Å². The van der Waals surface area contributed by atoms with E-state index in [0.29, 0.717) is 6.54 Å². The van der Waals surface area contributed by atoms with Gasteiger partial charge < -0.3 is 16.2 Å². The summed E-state index contributed by atoms with van der Waals surface area (Å²) in [5.41, 5.74) is 4.14. The van der Waals surface area contributed by atoms with E-state index in [-0.39, 0.29) is 0 Å². The molecular weight excluding hydrogens is 120 g/mol. The Bertz CT molecular complexity index is 131. The van der Waals surface area contributed by atoms with Crippen LogP contribution >= 0.6 is 0 Å². The second kappa shape index (κ2) is 1.88. The molecule has 9 heavy (non-hydrogen) atoms. The maximum atomic E-state index is 10.1. The van der Waals surface area contributed by atoms with Gasteiger partial charge in [0.25, 0.3) is 0 Å². The van der Waals surface area contributed by atoms with Gasteiger partial charge in [-0.15, -0.1) is 0 Å². The first-order valence-electron chi connectivity index (χ1n) is 2.88. The summed E-state index contributed by atoms with van der Waals surface area (Å²) in [5.74, 6) is 0. The summed E-state index contributed by atoms with van der Waals surface area (Å²) in [6.45, 7) is 0.294. The highest BCUT2D eigenvalue weighted by atomic mass is 16.3. The van der Waals surface area contributed by atoms with Gasteiger partial charge in [-0.25, -0.2) is 4.79 Å². The van der Waals surface area contributed by atoms with Gasteiger partial charge in [0, 0.05) is 6.54 Å². The Hall–Kier alpha value is -0.770. The summed E-state index contributed by atoms with van der Waals surface area (Å²) >= 11 is 0. The zero-order chi connectivity index (χ0) is 6.91. The summed E-state index contributed by atoms with van der Waals surface area (Å²) in [7, 11) is 0. The number of aliphatic hydroxyl groups is 1. The van der Waals surface area contributed by atoms with Crippen molar-refractivity contribution in [3.8, 4) is 0 Å². The van der Waals surface area contributed by atoms with E-state index in [0.717, 1.165) is 12.8 Å². The molecule has 1 saturated carbocycles. The Morgan fingerprint density at radius 1 is 1.78 bits per heavy atom. The number of nitrogens with one attached hydrogen (secondary N) is 1. The number of hydrogen-bond acceptors (Lipinski definition) is 2. The van der Waals surface area contributed by atoms with Crippen molar-refractivity contribution < 1.29 is 9.90 Å². The molecule has 1 rings (SSSR count). The zero-order valence-electron chi connectivity index (χ0n) is 5.05. The molecule has 1 aliphatic rings. The van der Waals surface area contributed by atoms with Crippen molar-refractivity contribution in [2.45, 2.75) is 18.4 Å². The van der Waals surface area contributed by atoms with E-state index in [1.54, 1.807) is 0 Å². The lowest BCUT2D eigenvalue weighted by molar-refractivity contribution is 0.149. The molecule has 0 saturated heterocycles. The zero-order valence-corrected chi connectivity index (χ0v) is 5.05. The molecule has 0 aromatic rings. The molecule has 0 heterocycles. The number of carbonyl (C=O) groups is 1. The molecule has 0 aliphatic heterocycles. The lowest BCUT2D eigenvalue weighted by Crippen LogP contribution is -2.36. The lowest BCUT2D eigenvalue weighted by atomic mass is 10.3. The molecule has 0 spiro atoms. The van der Waals surface area contributed by atoms with Crippen LogP contribution < -0.4 is 11.1 Å². The van der Waals surface area contributed by atoms with Crippen LogP contribution in [-0.2, 0) is 0 Å². The smallest absolute Gasteiger partial charge is 0.312 e. The third kappa shape index (κ3) is 1.89. The molecule has 52 valence electrons. The standard InChI is InChI=1S/C5H10N2O2/c6-4(8)7-3-5(9)1-2-5/h9H,1-3H2,(H3,6,7,8). The average Bonchev–Trinajstić information content (AvgIpc) is 2.45. The summed E-state index contributed by atoms with van der Waals surface area (Å²) in [5, 5.41) is 11.4. The third-order valence-electron chi connectivity index (χ3n) is 1.42. The molecule has 2 amide bonds. The van der Waals surface area contributed by atoms with E-state index in [1.807, 2.05) is 0 Å². The Morgan fingerprint density at radius 3 is 2.67 bits per heavy atom. The van der Waals surface area contributed by atoms with E-state index in [9.17, 15) is 4.79 Å². The number of hydrogen-bond donors (Lipinski definition) is 3. The molecular formula is C5H10N2O2. The molecule has 0 atom stereocenters. The molecule has 4 nitrogen and oxygen atoms in total. The molecule has 1 fully saturated rings. The van der Waals surface area contributed by atoms with E-state index >= 15 is 0 Å². The van der Waals surface area contributed by atoms with Gasteiger partial charge >= 0.3 is 6.03 Å². The lowest BCUT2D eigenvalue weighted by Gasteiger charge is -2.05. The van der Waals surface area contributed by atoms with Crippen molar-refractivity contribution >= 4 is 6.03 Å². The Labute approximate surface area is 53.0 Å². The van der Waals surface area contributed by atoms with Gasteiger partial charge in [0.2, 0.25) is 0 Å². The highest BCUT2D eigenvalue weighted by Gasteiger charge is 2.40. The Morgan fingerprint density at radius 2 is 2.33 bits per heavy atom. The maximum absolute atomic E-state index is 10.1. The minimum Gasteiger partial charge on any atom is -0.388 e. The van der Waals surface area contributed by atoms with E-state index in [2.05, 4.69) is 5.32 Å². The highest BCUT2D eigenvalue weighted by Crippen LogP contribution is 2.33. The number of nitrogens with two attached hydrogens (primary N) is 1. The summed E-state index contributed by atoms with van der Waals surface area (Å²) in [6.07, 6.45) is 1.54. The first kappa shape index (κ1) is 6.35. The average molecular weight is 130 g/mol. The molecule has 0 unspecified atom stereocenters. The molecule has 4 heteroatoms. The largest absolute Gasteiger partial charge is 0.388 e. The van der Waals surface area contributed by atoms with Crippen molar-refractivity contribution in [1.29, 1.82) is 0 Å². The second-order valence-corrected chi connectivity index (χ2v) is 2.44. The molecule has 0 aromatic carbocycles. The van der Waals surface area contributed by atoms with Crippen LogP contribution in [0.1, 0.15) is 12.8 Å². The van der Waals surface area contributed by atoms with Crippen LogP contribution in [0, 0.1) is 0 Å². The summed E-state index contributed by atoms with van der Waals surface area (Å²) in [4.78, 5) is 10.1. The first-order valence-corrected chi connectivity index (χ1v) is 2.88. The summed E-state index contributed by atoms with van der Waals surface area (Å²) < 4.78 is 0. The predicted molar refractivity (Wildman–Crippen MR) is 31.8 cm³/mol. The highest BCUT2D eigenvalue weighted by molar-refractivity contribution is 5.71. The quantitative estimate of drug-likeness (QED) is 0.456. The minimum atomic E-state index is -0.630. The second-order valence-electron chi connectivity index (χ2n) is 2.44. The van der Waals surface area contributed by atoms with Gasteiger partial charge in [-0.2, -0.15) is 0 Å². The normalized spacial score (nSPS) is 21.0. The van der Waals surface area contributed by atoms with Crippen molar-refractivity contribution in [2.24, 2.45) is 5.73 Å². The number of urea groups is 1. The van der Waals surface area contributed by atoms with Crippen LogP contribution in [-0.4, -0.2) is 23.3 Å². The monoisotopic (exact) mass is 130 g/mol. The third-order valence-corrected chi connectivity index (χ3v) is 1.42. The Kier molecular flexibility index (Phi) is 1.32. The number of rotatable bonds is 2. The molecule has 0 radical (unpaired) electrons. The predicted octanol–water partition coefficient (Wildman–Crippen LogP) is -0.820. The van der Waals surface area contributed by atoms with Crippen LogP contribution in [0.25, 0.3) is 0 Å². The van der Waals surface area contributed by atoms with Crippen molar-refractivity contribution in [3.63, 3.8) is 0 Å². The SMILES string of the molecule is NC(=O)NCC1(O)CC1. The van der Waals surface area contributed by atoms with Gasteiger partial charge in [-0.1, -0.05) is 0 Å². The summed E-state index contributed by atoms with van der Waals surface area (Å²) in [6, 6.07) is -0.574. The van der Waals surface area contributed by atoms with E-state index < -0.39 is 11.6 Å². The minimum absolute atomic E-state index is 0.294. The van der Waals surface area contributed by atoms with E-state index in [4.69, 9.17) is 10.8 Å². The van der Waals surface area contributed by atoms with Gasteiger partial charge in [-0.05, 0) is 12.8 Å². The van der Waals surface area contributed by atoms with Crippen LogP contribution in [0.2, 0.25) is 0 Å². The molecule has 1 aliphatic carbocycles. The molecule has 0 aromatic heterocycles. The van der Waals surface area contributed by atoms with Gasteiger partial charge in [0.15, 0.2) is 0 Å². The number of amides is 2. The molecule has 0 bridgehead atoms. The first-order chi connectivity index (χ1) is 4.12. The Balaban J connectivity index is 2.12. The van der Waals surface area contributed by atoms with E-state index in [1.165, 1.54) is 0 Å². The van der Waals surface area contributed by atoms with Crippen LogP contribution in [0.4, 0.5) is 4.79 Å². The number of primary amides is 1. The topological polar surface area (TPSA) is 75.4 Å². The fraction of sp³-hybridized carbons (Fsp3) is 0.800.